The molecule has 1 rings (SSSR count). The molecule has 0 saturated carbocycles. The standard InChI is InChI=1S/C15H21BrN2O3/c1-4-18(9-11(2)14(19)20)15(21)17(3)10-12-6-5-7-13(16)8-12/h5-8,11H,4,9-10H2,1-3H3,(H,19,20). The number of rotatable bonds is 6. The zero-order valence-electron chi connectivity index (χ0n) is 12.5. The van der Waals surface area contributed by atoms with Crippen molar-refractivity contribution in [1.82, 2.24) is 9.80 Å². The maximum absolute atomic E-state index is 12.4. The van der Waals surface area contributed by atoms with Gasteiger partial charge in [0, 0.05) is 31.2 Å². The smallest absolute Gasteiger partial charge is 0.320 e. The molecule has 0 bridgehead atoms. The SMILES string of the molecule is CCN(CC(C)C(=O)O)C(=O)N(C)Cc1cccc(Br)c1. The molecular weight excluding hydrogens is 336 g/mol. The Hall–Kier alpha value is -1.56. The van der Waals surface area contributed by atoms with E-state index in [9.17, 15) is 9.59 Å². The van der Waals surface area contributed by atoms with Gasteiger partial charge in [0.1, 0.15) is 0 Å². The molecule has 6 heteroatoms. The van der Waals surface area contributed by atoms with Gasteiger partial charge in [0.05, 0.1) is 5.92 Å². The number of aliphatic carboxylic acids is 1. The zero-order valence-corrected chi connectivity index (χ0v) is 14.1. The largest absolute Gasteiger partial charge is 0.481 e. The molecule has 0 aliphatic heterocycles. The minimum atomic E-state index is -0.893. The number of carboxylic acid groups (broad SMARTS) is 1. The molecule has 0 aromatic heterocycles. The topological polar surface area (TPSA) is 60.9 Å². The van der Waals surface area contributed by atoms with E-state index in [0.29, 0.717) is 13.1 Å². The minimum absolute atomic E-state index is 0.162. The first-order chi connectivity index (χ1) is 9.85. The third-order valence-electron chi connectivity index (χ3n) is 3.20. The lowest BCUT2D eigenvalue weighted by Crippen LogP contribution is -2.43. The van der Waals surface area contributed by atoms with Crippen LogP contribution in [-0.2, 0) is 11.3 Å². The Balaban J connectivity index is 2.68. The number of carbonyl (C=O) groups excluding carboxylic acids is 1. The van der Waals surface area contributed by atoms with Gasteiger partial charge in [0.15, 0.2) is 0 Å². The average Bonchev–Trinajstić information content (AvgIpc) is 2.43. The molecule has 1 unspecified atom stereocenters. The van der Waals surface area contributed by atoms with Crippen LogP contribution in [0.1, 0.15) is 19.4 Å². The number of hydrogen-bond acceptors (Lipinski definition) is 2. The lowest BCUT2D eigenvalue weighted by molar-refractivity contribution is -0.141. The minimum Gasteiger partial charge on any atom is -0.481 e. The molecule has 1 N–H and O–H groups in total. The van der Waals surface area contributed by atoms with Crippen molar-refractivity contribution in [2.45, 2.75) is 20.4 Å². The molecule has 0 saturated heterocycles. The van der Waals surface area contributed by atoms with Crippen LogP contribution in [0.5, 0.6) is 0 Å². The Kier molecular flexibility index (Phi) is 6.68. The molecule has 1 atom stereocenters. The Labute approximate surface area is 133 Å². The molecule has 0 aliphatic carbocycles. The van der Waals surface area contributed by atoms with E-state index in [0.717, 1.165) is 10.0 Å². The molecule has 0 fully saturated rings. The Morgan fingerprint density at radius 1 is 1.38 bits per heavy atom. The molecule has 0 radical (unpaired) electrons. The van der Waals surface area contributed by atoms with E-state index in [4.69, 9.17) is 5.11 Å². The quantitative estimate of drug-likeness (QED) is 0.851. The molecule has 0 aliphatic rings. The summed E-state index contributed by atoms with van der Waals surface area (Å²) in [5.74, 6) is -1.47. The van der Waals surface area contributed by atoms with Gasteiger partial charge in [0.25, 0.3) is 0 Å². The molecular formula is C15H21BrN2O3. The van der Waals surface area contributed by atoms with E-state index < -0.39 is 11.9 Å². The molecule has 116 valence electrons. The number of halogens is 1. The Morgan fingerprint density at radius 2 is 2.05 bits per heavy atom. The summed E-state index contributed by atoms with van der Waals surface area (Å²) in [6, 6.07) is 7.59. The van der Waals surface area contributed by atoms with E-state index in [-0.39, 0.29) is 12.6 Å². The van der Waals surface area contributed by atoms with Crippen molar-refractivity contribution in [3.05, 3.63) is 34.3 Å². The lowest BCUT2D eigenvalue weighted by atomic mass is 10.1. The third-order valence-corrected chi connectivity index (χ3v) is 3.70. The maximum atomic E-state index is 12.4. The highest BCUT2D eigenvalue weighted by Gasteiger charge is 2.21. The second kappa shape index (κ2) is 8.02. The lowest BCUT2D eigenvalue weighted by Gasteiger charge is -2.28. The number of carbonyl (C=O) groups is 2. The van der Waals surface area contributed by atoms with Gasteiger partial charge in [0.2, 0.25) is 0 Å². The van der Waals surface area contributed by atoms with Gasteiger partial charge in [-0.2, -0.15) is 0 Å². The van der Waals surface area contributed by atoms with Gasteiger partial charge in [-0.15, -0.1) is 0 Å². The fourth-order valence-corrected chi connectivity index (χ4v) is 2.42. The Morgan fingerprint density at radius 3 is 2.57 bits per heavy atom. The molecule has 21 heavy (non-hydrogen) atoms. The van der Waals surface area contributed by atoms with Crippen LogP contribution < -0.4 is 0 Å². The summed E-state index contributed by atoms with van der Waals surface area (Å²) in [6.07, 6.45) is 0. The van der Waals surface area contributed by atoms with Crippen molar-refractivity contribution in [3.63, 3.8) is 0 Å². The van der Waals surface area contributed by atoms with E-state index in [1.165, 1.54) is 0 Å². The summed E-state index contributed by atoms with van der Waals surface area (Å²) in [4.78, 5) is 26.4. The van der Waals surface area contributed by atoms with Crippen molar-refractivity contribution in [2.24, 2.45) is 5.92 Å². The first-order valence-electron chi connectivity index (χ1n) is 6.82. The van der Waals surface area contributed by atoms with Crippen LogP contribution in [0.2, 0.25) is 0 Å². The molecule has 0 spiro atoms. The van der Waals surface area contributed by atoms with Crippen LogP contribution in [-0.4, -0.2) is 47.0 Å². The number of hydrogen-bond donors (Lipinski definition) is 1. The number of benzene rings is 1. The first kappa shape index (κ1) is 17.5. The van der Waals surface area contributed by atoms with Gasteiger partial charge in [-0.3, -0.25) is 4.79 Å². The molecule has 1 aromatic rings. The molecule has 1 aromatic carbocycles. The fourth-order valence-electron chi connectivity index (χ4n) is 1.97. The van der Waals surface area contributed by atoms with Crippen molar-refractivity contribution in [3.8, 4) is 0 Å². The highest BCUT2D eigenvalue weighted by molar-refractivity contribution is 9.10. The van der Waals surface area contributed by atoms with E-state index in [1.807, 2.05) is 31.2 Å². The van der Waals surface area contributed by atoms with Crippen molar-refractivity contribution in [2.75, 3.05) is 20.1 Å². The van der Waals surface area contributed by atoms with Gasteiger partial charge in [-0.1, -0.05) is 35.0 Å². The third kappa shape index (κ3) is 5.38. The van der Waals surface area contributed by atoms with Crippen LogP contribution in [0, 0.1) is 5.92 Å². The predicted molar refractivity (Wildman–Crippen MR) is 85.1 cm³/mol. The number of amides is 2. The van der Waals surface area contributed by atoms with Gasteiger partial charge in [-0.05, 0) is 24.6 Å². The molecule has 5 nitrogen and oxygen atoms in total. The summed E-state index contributed by atoms with van der Waals surface area (Å²) < 4.78 is 0.965. The van der Waals surface area contributed by atoms with Gasteiger partial charge >= 0.3 is 12.0 Å². The number of nitrogens with zero attached hydrogens (tertiary/aromatic N) is 2. The number of urea groups is 1. The van der Waals surface area contributed by atoms with Crippen molar-refractivity contribution < 1.29 is 14.7 Å². The summed E-state index contributed by atoms with van der Waals surface area (Å²) in [6.45, 7) is 4.63. The normalized spacial score (nSPS) is 11.8. The zero-order chi connectivity index (χ0) is 16.0. The average molecular weight is 357 g/mol. The van der Waals surface area contributed by atoms with E-state index in [2.05, 4.69) is 15.9 Å². The van der Waals surface area contributed by atoms with Crippen LogP contribution in [0.25, 0.3) is 0 Å². The molecule has 2 amide bonds. The monoisotopic (exact) mass is 356 g/mol. The summed E-state index contributed by atoms with van der Waals surface area (Å²) >= 11 is 3.40. The van der Waals surface area contributed by atoms with E-state index >= 15 is 0 Å². The Bertz CT molecular complexity index is 507. The van der Waals surface area contributed by atoms with Crippen molar-refractivity contribution >= 4 is 27.9 Å². The summed E-state index contributed by atoms with van der Waals surface area (Å²) in [5.41, 5.74) is 1.02. The fraction of sp³-hybridized carbons (Fsp3) is 0.467. The highest BCUT2D eigenvalue weighted by atomic mass is 79.9. The second-order valence-corrected chi connectivity index (χ2v) is 5.96. The highest BCUT2D eigenvalue weighted by Crippen LogP contribution is 2.14. The van der Waals surface area contributed by atoms with Gasteiger partial charge in [-0.25, -0.2) is 4.79 Å². The summed E-state index contributed by atoms with van der Waals surface area (Å²) in [5, 5.41) is 8.96. The molecule has 0 heterocycles. The van der Waals surface area contributed by atoms with Gasteiger partial charge < -0.3 is 14.9 Å². The summed E-state index contributed by atoms with van der Waals surface area (Å²) in [7, 11) is 1.72. The first-order valence-corrected chi connectivity index (χ1v) is 7.61. The van der Waals surface area contributed by atoms with Crippen LogP contribution in [0.3, 0.4) is 0 Å². The van der Waals surface area contributed by atoms with Crippen LogP contribution >= 0.6 is 15.9 Å². The van der Waals surface area contributed by atoms with Crippen LogP contribution in [0.15, 0.2) is 28.7 Å². The van der Waals surface area contributed by atoms with E-state index in [1.54, 1.807) is 23.8 Å². The number of carboxylic acids is 1. The predicted octanol–water partition coefficient (Wildman–Crippen LogP) is 3.04. The van der Waals surface area contributed by atoms with Crippen LogP contribution in [0.4, 0.5) is 4.79 Å². The maximum Gasteiger partial charge on any atom is 0.320 e. The van der Waals surface area contributed by atoms with Crippen molar-refractivity contribution in [1.29, 1.82) is 0 Å². The second-order valence-electron chi connectivity index (χ2n) is 5.05.